The zero-order valence-electron chi connectivity index (χ0n) is 11.5. The summed E-state index contributed by atoms with van der Waals surface area (Å²) in [5.41, 5.74) is -0.136. The molecule has 1 unspecified atom stereocenters. The molecular formula is C14H28N2O. The van der Waals surface area contributed by atoms with Gasteiger partial charge in [-0.2, -0.15) is 0 Å². The van der Waals surface area contributed by atoms with Gasteiger partial charge in [0.2, 0.25) is 5.91 Å². The van der Waals surface area contributed by atoms with Gasteiger partial charge in [0.15, 0.2) is 0 Å². The van der Waals surface area contributed by atoms with Crippen molar-refractivity contribution in [1.82, 2.24) is 10.6 Å². The average Bonchev–Trinajstić information content (AvgIpc) is 2.39. The Balaban J connectivity index is 2.28. The maximum absolute atomic E-state index is 12.2. The molecule has 100 valence electrons. The summed E-state index contributed by atoms with van der Waals surface area (Å²) in [4.78, 5) is 12.2. The lowest BCUT2D eigenvalue weighted by atomic mass is 9.77. The number of hydrogen-bond donors (Lipinski definition) is 2. The molecule has 1 aliphatic heterocycles. The van der Waals surface area contributed by atoms with Crippen LogP contribution in [0.5, 0.6) is 0 Å². The van der Waals surface area contributed by atoms with E-state index in [2.05, 4.69) is 24.5 Å². The van der Waals surface area contributed by atoms with Crippen molar-refractivity contribution < 1.29 is 4.79 Å². The molecule has 3 nitrogen and oxygen atoms in total. The maximum Gasteiger partial charge on any atom is 0.227 e. The molecule has 0 saturated carbocycles. The fraction of sp³-hybridized carbons (Fsp3) is 0.929. The first kappa shape index (κ1) is 14.5. The van der Waals surface area contributed by atoms with Gasteiger partial charge in [-0.05, 0) is 32.2 Å². The van der Waals surface area contributed by atoms with Gasteiger partial charge in [0.05, 0.1) is 5.41 Å². The Morgan fingerprint density at radius 1 is 1.29 bits per heavy atom. The first-order chi connectivity index (χ1) is 8.25. The van der Waals surface area contributed by atoms with Crippen molar-refractivity contribution in [2.24, 2.45) is 5.41 Å². The van der Waals surface area contributed by atoms with E-state index in [-0.39, 0.29) is 11.3 Å². The number of rotatable bonds is 7. The monoisotopic (exact) mass is 240 g/mol. The summed E-state index contributed by atoms with van der Waals surface area (Å²) >= 11 is 0. The van der Waals surface area contributed by atoms with Crippen molar-refractivity contribution in [3.63, 3.8) is 0 Å². The first-order valence-corrected chi connectivity index (χ1v) is 7.24. The molecular weight excluding hydrogens is 212 g/mol. The SMILES string of the molecule is CCCCCCNC(=O)C1(CC)CCCNC1. The van der Waals surface area contributed by atoms with E-state index in [0.29, 0.717) is 0 Å². The van der Waals surface area contributed by atoms with Crippen molar-refractivity contribution in [1.29, 1.82) is 0 Å². The molecule has 0 aliphatic carbocycles. The number of amides is 1. The van der Waals surface area contributed by atoms with Gasteiger partial charge in [-0.3, -0.25) is 4.79 Å². The molecule has 1 saturated heterocycles. The van der Waals surface area contributed by atoms with Crippen molar-refractivity contribution >= 4 is 5.91 Å². The smallest absolute Gasteiger partial charge is 0.227 e. The fourth-order valence-corrected chi connectivity index (χ4v) is 2.57. The summed E-state index contributed by atoms with van der Waals surface area (Å²) in [7, 11) is 0. The van der Waals surface area contributed by atoms with Gasteiger partial charge in [0.1, 0.15) is 0 Å². The molecule has 17 heavy (non-hydrogen) atoms. The summed E-state index contributed by atoms with van der Waals surface area (Å²) in [6.45, 7) is 7.10. The summed E-state index contributed by atoms with van der Waals surface area (Å²) in [5.74, 6) is 0.267. The molecule has 0 bridgehead atoms. The molecule has 2 N–H and O–H groups in total. The van der Waals surface area contributed by atoms with Crippen LogP contribution in [0.4, 0.5) is 0 Å². The minimum atomic E-state index is -0.136. The van der Waals surface area contributed by atoms with Crippen LogP contribution in [0.1, 0.15) is 58.8 Å². The van der Waals surface area contributed by atoms with Crippen molar-refractivity contribution in [2.75, 3.05) is 19.6 Å². The predicted octanol–water partition coefficient (Wildman–Crippen LogP) is 2.46. The molecule has 0 aromatic rings. The van der Waals surface area contributed by atoms with Crippen molar-refractivity contribution in [3.05, 3.63) is 0 Å². The number of nitrogens with one attached hydrogen (secondary N) is 2. The molecule has 3 heteroatoms. The third kappa shape index (κ3) is 4.30. The van der Waals surface area contributed by atoms with Crippen LogP contribution >= 0.6 is 0 Å². The van der Waals surface area contributed by atoms with Crippen LogP contribution in [-0.2, 0) is 4.79 Å². The topological polar surface area (TPSA) is 41.1 Å². The zero-order chi connectivity index (χ0) is 12.6. The second kappa shape index (κ2) is 7.70. The number of carbonyl (C=O) groups is 1. The number of piperidine rings is 1. The first-order valence-electron chi connectivity index (χ1n) is 7.24. The Kier molecular flexibility index (Phi) is 6.56. The molecule has 0 spiro atoms. The van der Waals surface area contributed by atoms with E-state index in [9.17, 15) is 4.79 Å². The third-order valence-corrected chi connectivity index (χ3v) is 3.95. The summed E-state index contributed by atoms with van der Waals surface area (Å²) in [6, 6.07) is 0. The van der Waals surface area contributed by atoms with Crippen LogP contribution in [0.3, 0.4) is 0 Å². The Labute approximate surface area is 106 Å². The van der Waals surface area contributed by atoms with E-state index in [1.807, 2.05) is 0 Å². The number of unbranched alkanes of at least 4 members (excludes halogenated alkanes) is 3. The lowest BCUT2D eigenvalue weighted by Crippen LogP contribution is -2.50. The summed E-state index contributed by atoms with van der Waals surface area (Å²) < 4.78 is 0. The van der Waals surface area contributed by atoms with Gasteiger partial charge in [-0.25, -0.2) is 0 Å². The molecule has 1 heterocycles. The highest BCUT2D eigenvalue weighted by Crippen LogP contribution is 2.30. The molecule has 0 aromatic heterocycles. The van der Waals surface area contributed by atoms with E-state index >= 15 is 0 Å². The minimum Gasteiger partial charge on any atom is -0.356 e. The van der Waals surface area contributed by atoms with E-state index in [0.717, 1.165) is 45.3 Å². The van der Waals surface area contributed by atoms with Crippen LogP contribution in [0, 0.1) is 5.41 Å². The normalized spacial score (nSPS) is 24.6. The number of hydrogen-bond acceptors (Lipinski definition) is 2. The van der Waals surface area contributed by atoms with Crippen LogP contribution < -0.4 is 10.6 Å². The Morgan fingerprint density at radius 3 is 2.71 bits per heavy atom. The minimum absolute atomic E-state index is 0.136. The maximum atomic E-state index is 12.2. The van der Waals surface area contributed by atoms with Gasteiger partial charge in [-0.15, -0.1) is 0 Å². The molecule has 0 aromatic carbocycles. The van der Waals surface area contributed by atoms with Crippen LogP contribution in [-0.4, -0.2) is 25.5 Å². The van der Waals surface area contributed by atoms with Gasteiger partial charge in [0, 0.05) is 13.1 Å². The Hall–Kier alpha value is -0.570. The molecule has 1 aliphatic rings. The number of carbonyl (C=O) groups excluding carboxylic acids is 1. The standard InChI is InChI=1S/C14H28N2O/c1-3-5-6-7-11-16-13(17)14(4-2)9-8-10-15-12-14/h15H,3-12H2,1-2H3,(H,16,17). The zero-order valence-corrected chi connectivity index (χ0v) is 11.5. The summed E-state index contributed by atoms with van der Waals surface area (Å²) in [5, 5.41) is 6.48. The molecule has 1 rings (SSSR count). The molecule has 1 atom stereocenters. The van der Waals surface area contributed by atoms with Crippen LogP contribution in [0.25, 0.3) is 0 Å². The fourth-order valence-electron chi connectivity index (χ4n) is 2.57. The molecule has 0 radical (unpaired) electrons. The quantitative estimate of drug-likeness (QED) is 0.671. The highest BCUT2D eigenvalue weighted by Gasteiger charge is 2.37. The van der Waals surface area contributed by atoms with Crippen LogP contribution in [0.2, 0.25) is 0 Å². The third-order valence-electron chi connectivity index (χ3n) is 3.95. The molecule has 1 amide bonds. The largest absolute Gasteiger partial charge is 0.356 e. The van der Waals surface area contributed by atoms with Gasteiger partial charge < -0.3 is 10.6 Å². The summed E-state index contributed by atoms with van der Waals surface area (Å²) in [6.07, 6.45) is 7.98. The second-order valence-electron chi connectivity index (χ2n) is 5.23. The van der Waals surface area contributed by atoms with Gasteiger partial charge in [0.25, 0.3) is 0 Å². The predicted molar refractivity (Wildman–Crippen MR) is 72.0 cm³/mol. The Bertz CT molecular complexity index is 222. The Morgan fingerprint density at radius 2 is 2.12 bits per heavy atom. The highest BCUT2D eigenvalue weighted by atomic mass is 16.2. The van der Waals surface area contributed by atoms with E-state index < -0.39 is 0 Å². The van der Waals surface area contributed by atoms with Crippen molar-refractivity contribution in [3.8, 4) is 0 Å². The van der Waals surface area contributed by atoms with Gasteiger partial charge >= 0.3 is 0 Å². The van der Waals surface area contributed by atoms with Crippen LogP contribution in [0.15, 0.2) is 0 Å². The molecule has 1 fully saturated rings. The lowest BCUT2D eigenvalue weighted by Gasteiger charge is -2.35. The van der Waals surface area contributed by atoms with E-state index in [1.54, 1.807) is 0 Å². The lowest BCUT2D eigenvalue weighted by molar-refractivity contribution is -0.132. The highest BCUT2D eigenvalue weighted by molar-refractivity contribution is 5.82. The van der Waals surface area contributed by atoms with E-state index in [4.69, 9.17) is 0 Å². The van der Waals surface area contributed by atoms with E-state index in [1.165, 1.54) is 19.3 Å². The van der Waals surface area contributed by atoms with Crippen molar-refractivity contribution in [2.45, 2.75) is 58.8 Å². The average molecular weight is 240 g/mol. The second-order valence-corrected chi connectivity index (χ2v) is 5.23. The van der Waals surface area contributed by atoms with Gasteiger partial charge in [-0.1, -0.05) is 33.1 Å².